The average Bonchev–Trinajstić information content (AvgIpc) is 3.55. The molecule has 1 atom stereocenters. The van der Waals surface area contributed by atoms with Gasteiger partial charge in [-0.05, 0) is 29.9 Å². The highest BCUT2D eigenvalue weighted by Gasteiger charge is 2.22. The third kappa shape index (κ3) is 4.10. The van der Waals surface area contributed by atoms with E-state index in [1.165, 1.54) is 23.1 Å². The van der Waals surface area contributed by atoms with Gasteiger partial charge in [-0.15, -0.1) is 21.5 Å². The fourth-order valence-electron chi connectivity index (χ4n) is 3.73. The number of thioether (sulfide) groups is 1. The van der Waals surface area contributed by atoms with Gasteiger partial charge in [-0.3, -0.25) is 18.6 Å². The molecule has 0 unspecified atom stereocenters. The SMILES string of the molecule is O=C(CSc1nnc2n(C[C@H]3CCCO3)c(=O)c3sccc3n12)NCc1ccccc1. The van der Waals surface area contributed by atoms with Crippen molar-refractivity contribution in [2.24, 2.45) is 0 Å². The Balaban J connectivity index is 1.38. The van der Waals surface area contributed by atoms with Crippen molar-refractivity contribution in [1.82, 2.24) is 24.5 Å². The van der Waals surface area contributed by atoms with E-state index in [9.17, 15) is 9.59 Å². The van der Waals surface area contributed by atoms with E-state index >= 15 is 0 Å². The predicted molar refractivity (Wildman–Crippen MR) is 121 cm³/mol. The van der Waals surface area contributed by atoms with Crippen molar-refractivity contribution >= 4 is 45.0 Å². The van der Waals surface area contributed by atoms with Gasteiger partial charge in [0.15, 0.2) is 5.16 Å². The normalized spacial score (nSPS) is 16.3. The van der Waals surface area contributed by atoms with E-state index < -0.39 is 0 Å². The van der Waals surface area contributed by atoms with Crippen molar-refractivity contribution in [1.29, 1.82) is 0 Å². The molecule has 1 N–H and O–H groups in total. The van der Waals surface area contributed by atoms with Crippen molar-refractivity contribution in [2.75, 3.05) is 12.4 Å². The van der Waals surface area contributed by atoms with Crippen molar-refractivity contribution in [3.63, 3.8) is 0 Å². The summed E-state index contributed by atoms with van der Waals surface area (Å²) in [6.45, 7) is 1.66. The Kier molecular flexibility index (Phi) is 5.75. The number of aromatic nitrogens is 4. The van der Waals surface area contributed by atoms with Crippen LogP contribution in [0.15, 0.2) is 51.7 Å². The number of carbonyl (C=O) groups excluding carboxylic acids is 1. The zero-order chi connectivity index (χ0) is 21.2. The molecule has 5 rings (SSSR count). The highest BCUT2D eigenvalue weighted by atomic mass is 32.2. The highest BCUT2D eigenvalue weighted by Crippen LogP contribution is 2.25. The first-order valence-electron chi connectivity index (χ1n) is 10.1. The lowest BCUT2D eigenvalue weighted by molar-refractivity contribution is -0.118. The molecule has 1 aliphatic rings. The van der Waals surface area contributed by atoms with Crippen LogP contribution in [0.3, 0.4) is 0 Å². The number of thiophene rings is 1. The summed E-state index contributed by atoms with van der Waals surface area (Å²) >= 11 is 2.71. The molecule has 1 saturated heterocycles. The molecule has 160 valence electrons. The fraction of sp³-hybridized carbons (Fsp3) is 0.333. The van der Waals surface area contributed by atoms with Gasteiger partial charge in [-0.25, -0.2) is 0 Å². The summed E-state index contributed by atoms with van der Waals surface area (Å²) in [6.07, 6.45) is 1.94. The molecule has 4 aromatic rings. The molecule has 0 aliphatic carbocycles. The van der Waals surface area contributed by atoms with Crippen LogP contribution in [0.4, 0.5) is 0 Å². The van der Waals surface area contributed by atoms with Crippen LogP contribution in [0.5, 0.6) is 0 Å². The summed E-state index contributed by atoms with van der Waals surface area (Å²) < 4.78 is 9.91. The number of nitrogens with one attached hydrogen (secondary N) is 1. The first kappa shape index (κ1) is 20.2. The Bertz CT molecular complexity index is 1270. The molecule has 31 heavy (non-hydrogen) atoms. The van der Waals surface area contributed by atoms with Crippen LogP contribution in [0.2, 0.25) is 0 Å². The molecule has 1 aromatic carbocycles. The van der Waals surface area contributed by atoms with Gasteiger partial charge in [0.2, 0.25) is 11.7 Å². The predicted octanol–water partition coefficient (Wildman–Crippen LogP) is 2.69. The quantitative estimate of drug-likeness (QED) is 0.431. The number of fused-ring (bicyclic) bond motifs is 3. The standard InChI is InChI=1S/C21H21N5O3S2/c27-17(22-11-14-5-2-1-3-6-14)13-31-21-24-23-20-25(12-15-7-4-9-29-15)19(28)18-16(26(20)21)8-10-30-18/h1-3,5-6,8,10,15H,4,7,9,11-13H2,(H,22,27)/t15-/m1/s1. The summed E-state index contributed by atoms with van der Waals surface area (Å²) in [4.78, 5) is 25.4. The van der Waals surface area contributed by atoms with E-state index in [-0.39, 0.29) is 23.3 Å². The van der Waals surface area contributed by atoms with E-state index in [1.807, 2.05) is 46.2 Å². The second-order valence-corrected chi connectivity index (χ2v) is 9.21. The second kappa shape index (κ2) is 8.81. The van der Waals surface area contributed by atoms with Gasteiger partial charge in [-0.1, -0.05) is 42.1 Å². The maximum Gasteiger partial charge on any atom is 0.272 e. The summed E-state index contributed by atoms with van der Waals surface area (Å²) in [7, 11) is 0. The Morgan fingerprint density at radius 3 is 2.94 bits per heavy atom. The smallest absolute Gasteiger partial charge is 0.272 e. The zero-order valence-electron chi connectivity index (χ0n) is 16.7. The molecule has 1 fully saturated rings. The van der Waals surface area contributed by atoms with Crippen molar-refractivity contribution in [3.05, 3.63) is 57.7 Å². The topological polar surface area (TPSA) is 90.5 Å². The number of amides is 1. The largest absolute Gasteiger partial charge is 0.376 e. The number of nitrogens with zero attached hydrogens (tertiary/aromatic N) is 4. The molecule has 0 spiro atoms. The molecule has 10 heteroatoms. The number of hydrogen-bond donors (Lipinski definition) is 1. The van der Waals surface area contributed by atoms with Gasteiger partial charge in [0.1, 0.15) is 4.70 Å². The maximum absolute atomic E-state index is 13.1. The van der Waals surface area contributed by atoms with Gasteiger partial charge in [0.25, 0.3) is 5.56 Å². The van der Waals surface area contributed by atoms with Crippen LogP contribution in [0, 0.1) is 0 Å². The monoisotopic (exact) mass is 455 g/mol. The first-order chi connectivity index (χ1) is 15.2. The van der Waals surface area contributed by atoms with E-state index in [4.69, 9.17) is 4.74 Å². The molecule has 0 radical (unpaired) electrons. The van der Waals surface area contributed by atoms with E-state index in [0.717, 1.165) is 30.5 Å². The molecule has 0 bridgehead atoms. The summed E-state index contributed by atoms with van der Waals surface area (Å²) in [5, 5.41) is 14.0. The molecule has 1 aliphatic heterocycles. The van der Waals surface area contributed by atoms with Crippen LogP contribution < -0.4 is 10.9 Å². The van der Waals surface area contributed by atoms with Crippen LogP contribution in [0.25, 0.3) is 16.0 Å². The maximum atomic E-state index is 13.1. The Hall–Kier alpha value is -2.69. The van der Waals surface area contributed by atoms with Gasteiger partial charge in [0, 0.05) is 13.2 Å². The Morgan fingerprint density at radius 2 is 2.13 bits per heavy atom. The second-order valence-electron chi connectivity index (χ2n) is 7.35. The fourth-order valence-corrected chi connectivity index (χ4v) is 5.32. The van der Waals surface area contributed by atoms with Crippen LogP contribution in [-0.4, -0.2) is 43.5 Å². The lowest BCUT2D eigenvalue weighted by Gasteiger charge is -2.13. The van der Waals surface area contributed by atoms with Crippen molar-refractivity contribution in [3.8, 4) is 0 Å². The lowest BCUT2D eigenvalue weighted by atomic mass is 10.2. The van der Waals surface area contributed by atoms with Crippen LogP contribution >= 0.6 is 23.1 Å². The molecule has 3 aromatic heterocycles. The van der Waals surface area contributed by atoms with Gasteiger partial charge < -0.3 is 10.1 Å². The number of hydrogen-bond acceptors (Lipinski definition) is 7. The average molecular weight is 456 g/mol. The van der Waals surface area contributed by atoms with Gasteiger partial charge >= 0.3 is 0 Å². The van der Waals surface area contributed by atoms with E-state index in [2.05, 4.69) is 15.5 Å². The van der Waals surface area contributed by atoms with Crippen molar-refractivity contribution < 1.29 is 9.53 Å². The van der Waals surface area contributed by atoms with Crippen LogP contribution in [-0.2, 0) is 22.6 Å². The lowest BCUT2D eigenvalue weighted by Crippen LogP contribution is -2.28. The summed E-state index contributed by atoms with van der Waals surface area (Å²) in [6, 6.07) is 11.7. The molecule has 4 heterocycles. The number of rotatable bonds is 7. The zero-order valence-corrected chi connectivity index (χ0v) is 18.3. The molecule has 8 nitrogen and oxygen atoms in total. The Morgan fingerprint density at radius 1 is 1.26 bits per heavy atom. The summed E-state index contributed by atoms with van der Waals surface area (Å²) in [5.41, 5.74) is 1.75. The van der Waals surface area contributed by atoms with E-state index in [0.29, 0.717) is 28.7 Å². The van der Waals surface area contributed by atoms with Crippen LogP contribution in [0.1, 0.15) is 18.4 Å². The van der Waals surface area contributed by atoms with E-state index in [1.54, 1.807) is 4.57 Å². The minimum Gasteiger partial charge on any atom is -0.376 e. The van der Waals surface area contributed by atoms with Gasteiger partial charge in [0.05, 0.1) is 23.9 Å². The minimum absolute atomic E-state index is 0.00970. The molecule has 0 saturated carbocycles. The number of benzene rings is 1. The van der Waals surface area contributed by atoms with Crippen molar-refractivity contribution in [2.45, 2.75) is 37.2 Å². The molecule has 1 amide bonds. The number of carbonyl (C=O) groups is 1. The third-order valence-corrected chi connectivity index (χ3v) is 7.08. The summed E-state index contributed by atoms with van der Waals surface area (Å²) in [5.74, 6) is 0.614. The molecular weight excluding hydrogens is 434 g/mol. The molecular formula is C21H21N5O3S2. The minimum atomic E-state index is -0.0835. The first-order valence-corrected chi connectivity index (χ1v) is 12.0. The third-order valence-electron chi connectivity index (χ3n) is 5.26. The van der Waals surface area contributed by atoms with Gasteiger partial charge in [-0.2, -0.15) is 0 Å². The highest BCUT2D eigenvalue weighted by molar-refractivity contribution is 7.99. The number of ether oxygens (including phenoxy) is 1. The Labute approximate surface area is 186 Å².